The number of aliphatic carboxylic acids is 1. The number of carbonyl (C=O) groups is 1. The Morgan fingerprint density at radius 3 is 2.41 bits per heavy atom. The van der Waals surface area contributed by atoms with Crippen LogP contribution in [-0.4, -0.2) is 29.1 Å². The highest BCUT2D eigenvalue weighted by Crippen LogP contribution is 2.29. The van der Waals surface area contributed by atoms with E-state index in [-0.39, 0.29) is 12.5 Å². The molecule has 0 radical (unpaired) electrons. The van der Waals surface area contributed by atoms with Gasteiger partial charge in [0, 0.05) is 11.1 Å². The lowest BCUT2D eigenvalue weighted by Crippen LogP contribution is -2.30. The maximum Gasteiger partial charge on any atom is 0.305 e. The fourth-order valence-corrected chi connectivity index (χ4v) is 2.27. The molecule has 0 fully saturated rings. The summed E-state index contributed by atoms with van der Waals surface area (Å²) in [7, 11) is 0. The molecule has 1 aromatic carbocycles. The Bertz CT molecular complexity index is 377. The first-order chi connectivity index (χ1) is 8.10. The van der Waals surface area contributed by atoms with Gasteiger partial charge in [-0.05, 0) is 24.7 Å². The van der Waals surface area contributed by atoms with E-state index in [1.807, 2.05) is 32.0 Å². The second-order valence-electron chi connectivity index (χ2n) is 3.86. The van der Waals surface area contributed by atoms with Gasteiger partial charge in [0.2, 0.25) is 0 Å². The summed E-state index contributed by atoms with van der Waals surface area (Å²) in [5.74, 6) is -0.804. The number of rotatable bonds is 6. The fraction of sp³-hybridized carbons (Fsp3) is 0.462. The number of halogens is 1. The van der Waals surface area contributed by atoms with Gasteiger partial charge in [0.05, 0.1) is 6.42 Å². The van der Waals surface area contributed by atoms with Crippen LogP contribution in [0.5, 0.6) is 0 Å². The van der Waals surface area contributed by atoms with Gasteiger partial charge in [-0.1, -0.05) is 43.6 Å². The third kappa shape index (κ3) is 3.72. The summed E-state index contributed by atoms with van der Waals surface area (Å²) in [6, 6.07) is 7.28. The summed E-state index contributed by atoms with van der Waals surface area (Å²) in [5, 5.41) is 9.64. The molecule has 0 aliphatic rings. The summed E-state index contributed by atoms with van der Waals surface area (Å²) < 4.78 is 0. The minimum Gasteiger partial charge on any atom is -0.481 e. The zero-order valence-electron chi connectivity index (χ0n) is 10.2. The molecule has 0 aliphatic carbocycles. The fourth-order valence-electron chi connectivity index (χ4n) is 2.01. The number of hydrogen-bond acceptors (Lipinski definition) is 2. The molecular weight excluding hydrogens is 238 g/mol. The zero-order valence-corrected chi connectivity index (χ0v) is 10.9. The summed E-state index contributed by atoms with van der Waals surface area (Å²) in [4.78, 5) is 13.1. The molecule has 0 bridgehead atoms. The average Bonchev–Trinajstić information content (AvgIpc) is 2.29. The van der Waals surface area contributed by atoms with Gasteiger partial charge in [-0.2, -0.15) is 0 Å². The number of hydrogen-bond donors (Lipinski definition) is 1. The van der Waals surface area contributed by atoms with Crippen molar-refractivity contribution < 1.29 is 9.90 Å². The van der Waals surface area contributed by atoms with Gasteiger partial charge in [0.1, 0.15) is 0 Å². The number of carboxylic acids is 1. The molecule has 0 saturated carbocycles. The highest BCUT2D eigenvalue weighted by atomic mass is 35.5. The molecule has 0 aliphatic heterocycles. The molecule has 1 N–H and O–H groups in total. The molecule has 4 heteroatoms. The zero-order chi connectivity index (χ0) is 12.8. The Morgan fingerprint density at radius 2 is 1.94 bits per heavy atom. The van der Waals surface area contributed by atoms with E-state index in [2.05, 4.69) is 4.90 Å². The van der Waals surface area contributed by atoms with E-state index >= 15 is 0 Å². The quantitative estimate of drug-likeness (QED) is 0.849. The molecule has 0 aromatic heterocycles. The number of benzene rings is 1. The van der Waals surface area contributed by atoms with Gasteiger partial charge in [-0.25, -0.2) is 0 Å². The Kier molecular flexibility index (Phi) is 5.45. The molecule has 0 spiro atoms. The summed E-state index contributed by atoms with van der Waals surface area (Å²) in [5.41, 5.74) is 0.889. The van der Waals surface area contributed by atoms with Crippen molar-refractivity contribution in [2.45, 2.75) is 26.3 Å². The van der Waals surface area contributed by atoms with Crippen LogP contribution in [0.15, 0.2) is 24.3 Å². The molecule has 1 unspecified atom stereocenters. The number of carboxylic acid groups (broad SMARTS) is 1. The standard InChI is InChI=1S/C13H18ClNO2/c1-3-15(4-2)12(9-13(16)17)10-7-5-6-8-11(10)14/h5-8,12H,3-4,9H2,1-2H3,(H,16,17). The van der Waals surface area contributed by atoms with Gasteiger partial charge in [0.15, 0.2) is 0 Å². The molecule has 0 amide bonds. The van der Waals surface area contributed by atoms with Crippen LogP contribution in [0.4, 0.5) is 0 Å². The predicted molar refractivity (Wildman–Crippen MR) is 69.4 cm³/mol. The first-order valence-corrected chi connectivity index (χ1v) is 6.18. The van der Waals surface area contributed by atoms with E-state index in [9.17, 15) is 4.79 Å². The number of nitrogens with zero attached hydrogens (tertiary/aromatic N) is 1. The van der Waals surface area contributed by atoms with Gasteiger partial charge < -0.3 is 5.11 Å². The van der Waals surface area contributed by atoms with Crippen LogP contribution in [0, 0.1) is 0 Å². The molecule has 1 rings (SSSR count). The van der Waals surface area contributed by atoms with Gasteiger partial charge in [0.25, 0.3) is 0 Å². The van der Waals surface area contributed by atoms with E-state index in [1.165, 1.54) is 0 Å². The van der Waals surface area contributed by atoms with Crippen LogP contribution in [0.2, 0.25) is 5.02 Å². The van der Waals surface area contributed by atoms with E-state index in [0.29, 0.717) is 5.02 Å². The van der Waals surface area contributed by atoms with Gasteiger partial charge in [-0.15, -0.1) is 0 Å². The van der Waals surface area contributed by atoms with Crippen molar-refractivity contribution in [1.29, 1.82) is 0 Å². The highest BCUT2D eigenvalue weighted by Gasteiger charge is 2.22. The van der Waals surface area contributed by atoms with Crippen molar-refractivity contribution >= 4 is 17.6 Å². The minimum absolute atomic E-state index is 0.0748. The second kappa shape index (κ2) is 6.62. The second-order valence-corrected chi connectivity index (χ2v) is 4.26. The molecule has 17 heavy (non-hydrogen) atoms. The molecule has 1 aromatic rings. The maximum atomic E-state index is 11.0. The molecule has 1 atom stereocenters. The van der Waals surface area contributed by atoms with Crippen molar-refractivity contribution in [1.82, 2.24) is 4.90 Å². The van der Waals surface area contributed by atoms with Gasteiger partial charge >= 0.3 is 5.97 Å². The maximum absolute atomic E-state index is 11.0. The third-order valence-electron chi connectivity index (χ3n) is 2.89. The summed E-state index contributed by atoms with van der Waals surface area (Å²) in [6.07, 6.45) is 0.0748. The summed E-state index contributed by atoms with van der Waals surface area (Å²) >= 11 is 6.14. The predicted octanol–water partition coefficient (Wildman–Crippen LogP) is 3.20. The largest absolute Gasteiger partial charge is 0.481 e. The lowest BCUT2D eigenvalue weighted by atomic mass is 10.0. The Hall–Kier alpha value is -1.06. The molecule has 0 saturated heterocycles. The van der Waals surface area contributed by atoms with E-state index in [4.69, 9.17) is 16.7 Å². The first-order valence-electron chi connectivity index (χ1n) is 5.80. The lowest BCUT2D eigenvalue weighted by Gasteiger charge is -2.29. The monoisotopic (exact) mass is 255 g/mol. The average molecular weight is 256 g/mol. The Labute approximate surface area is 107 Å². The van der Waals surface area contributed by atoms with Crippen molar-refractivity contribution in [3.05, 3.63) is 34.9 Å². The molecule has 94 valence electrons. The van der Waals surface area contributed by atoms with Crippen LogP contribution < -0.4 is 0 Å². The van der Waals surface area contributed by atoms with Crippen molar-refractivity contribution in [3.8, 4) is 0 Å². The SMILES string of the molecule is CCN(CC)C(CC(=O)O)c1ccccc1Cl. The van der Waals surface area contributed by atoms with E-state index < -0.39 is 5.97 Å². The lowest BCUT2D eigenvalue weighted by molar-refractivity contribution is -0.138. The topological polar surface area (TPSA) is 40.5 Å². The van der Waals surface area contributed by atoms with Crippen LogP contribution in [-0.2, 0) is 4.79 Å². The van der Waals surface area contributed by atoms with Crippen LogP contribution in [0.25, 0.3) is 0 Å². The Balaban J connectivity index is 3.05. The van der Waals surface area contributed by atoms with Crippen LogP contribution in [0.3, 0.4) is 0 Å². The molecule has 3 nitrogen and oxygen atoms in total. The highest BCUT2D eigenvalue weighted by molar-refractivity contribution is 6.31. The first kappa shape index (κ1) is 14.0. The van der Waals surface area contributed by atoms with E-state index in [1.54, 1.807) is 6.07 Å². The van der Waals surface area contributed by atoms with Crippen molar-refractivity contribution in [2.75, 3.05) is 13.1 Å². The third-order valence-corrected chi connectivity index (χ3v) is 3.23. The smallest absolute Gasteiger partial charge is 0.305 e. The van der Waals surface area contributed by atoms with E-state index in [0.717, 1.165) is 18.7 Å². The molecular formula is C13H18ClNO2. The summed E-state index contributed by atoms with van der Waals surface area (Å²) in [6.45, 7) is 5.66. The van der Waals surface area contributed by atoms with Gasteiger partial charge in [-0.3, -0.25) is 9.69 Å². The van der Waals surface area contributed by atoms with Crippen molar-refractivity contribution in [3.63, 3.8) is 0 Å². The minimum atomic E-state index is -0.804. The van der Waals surface area contributed by atoms with Crippen LogP contribution in [0.1, 0.15) is 31.9 Å². The Morgan fingerprint density at radius 1 is 1.35 bits per heavy atom. The molecule has 0 heterocycles. The van der Waals surface area contributed by atoms with Crippen LogP contribution >= 0.6 is 11.6 Å². The normalized spacial score (nSPS) is 12.7. The van der Waals surface area contributed by atoms with Crippen molar-refractivity contribution in [2.24, 2.45) is 0 Å².